The molecule has 19 heavy (non-hydrogen) atoms. The van der Waals surface area contributed by atoms with E-state index >= 15 is 0 Å². The van der Waals surface area contributed by atoms with Gasteiger partial charge in [-0.15, -0.1) is 0 Å². The predicted molar refractivity (Wildman–Crippen MR) is 76.1 cm³/mol. The second-order valence-corrected chi connectivity index (χ2v) is 5.33. The fourth-order valence-corrected chi connectivity index (χ4v) is 2.56. The van der Waals surface area contributed by atoms with Gasteiger partial charge >= 0.3 is 0 Å². The number of rotatable bonds is 3. The molecule has 1 saturated heterocycles. The second-order valence-electron chi connectivity index (χ2n) is 5.33. The van der Waals surface area contributed by atoms with Gasteiger partial charge in [0.2, 0.25) is 5.91 Å². The van der Waals surface area contributed by atoms with Crippen molar-refractivity contribution in [2.24, 2.45) is 0 Å². The van der Waals surface area contributed by atoms with Crippen LogP contribution in [-0.2, 0) is 16.0 Å². The number of aryl methyl sites for hydroxylation is 2. The Morgan fingerprint density at radius 1 is 1.37 bits per heavy atom. The van der Waals surface area contributed by atoms with Crippen LogP contribution in [0.1, 0.15) is 31.4 Å². The molecule has 1 amide bonds. The number of carbonyl (C=O) groups is 1. The molecule has 2 rings (SSSR count). The maximum absolute atomic E-state index is 12.3. The van der Waals surface area contributed by atoms with Gasteiger partial charge in [0.15, 0.2) is 0 Å². The molecule has 0 N–H and O–H groups in total. The van der Waals surface area contributed by atoms with Gasteiger partial charge in [0.05, 0.1) is 18.8 Å². The van der Waals surface area contributed by atoms with Crippen molar-refractivity contribution >= 4 is 5.91 Å². The number of ether oxygens (including phenoxy) is 1. The molecule has 3 nitrogen and oxygen atoms in total. The first-order valence-corrected chi connectivity index (χ1v) is 7.05. The van der Waals surface area contributed by atoms with Crippen LogP contribution in [0.3, 0.4) is 0 Å². The zero-order chi connectivity index (χ0) is 13.8. The Kier molecular flexibility index (Phi) is 4.59. The number of carbonyl (C=O) groups excluding carboxylic acids is 1. The summed E-state index contributed by atoms with van der Waals surface area (Å²) < 4.78 is 5.56. The van der Waals surface area contributed by atoms with Gasteiger partial charge in [0, 0.05) is 13.0 Å². The lowest BCUT2D eigenvalue weighted by atomic mass is 10.0. The summed E-state index contributed by atoms with van der Waals surface area (Å²) in [7, 11) is 0. The number of morpholine rings is 1. The summed E-state index contributed by atoms with van der Waals surface area (Å²) >= 11 is 0. The molecular formula is C16H23NO2. The van der Waals surface area contributed by atoms with Crippen LogP contribution in [0.5, 0.6) is 0 Å². The van der Waals surface area contributed by atoms with Crippen molar-refractivity contribution in [2.45, 2.75) is 45.8 Å². The first-order chi connectivity index (χ1) is 9.09. The molecule has 1 fully saturated rings. The summed E-state index contributed by atoms with van der Waals surface area (Å²) in [5.41, 5.74) is 2.53. The van der Waals surface area contributed by atoms with Crippen molar-refractivity contribution in [1.29, 1.82) is 0 Å². The first-order valence-electron chi connectivity index (χ1n) is 7.05. The van der Waals surface area contributed by atoms with Crippen molar-refractivity contribution in [3.63, 3.8) is 0 Å². The Balaban J connectivity index is 1.92. The normalized spacial score (nSPS) is 23.4. The Labute approximate surface area is 115 Å². The topological polar surface area (TPSA) is 29.5 Å². The highest BCUT2D eigenvalue weighted by molar-refractivity contribution is 5.77. The highest BCUT2D eigenvalue weighted by atomic mass is 16.5. The van der Waals surface area contributed by atoms with Gasteiger partial charge in [0.25, 0.3) is 0 Å². The molecule has 0 spiro atoms. The van der Waals surface area contributed by atoms with E-state index in [0.717, 1.165) is 13.0 Å². The smallest absolute Gasteiger partial charge is 0.223 e. The third-order valence-corrected chi connectivity index (χ3v) is 4.07. The van der Waals surface area contributed by atoms with Crippen LogP contribution >= 0.6 is 0 Å². The van der Waals surface area contributed by atoms with E-state index in [1.54, 1.807) is 0 Å². The van der Waals surface area contributed by atoms with Crippen molar-refractivity contribution in [3.8, 4) is 0 Å². The summed E-state index contributed by atoms with van der Waals surface area (Å²) in [5, 5.41) is 0. The van der Waals surface area contributed by atoms with E-state index in [1.165, 1.54) is 11.1 Å². The molecule has 1 aliphatic heterocycles. The van der Waals surface area contributed by atoms with Crippen LogP contribution in [0, 0.1) is 6.92 Å². The van der Waals surface area contributed by atoms with Crippen LogP contribution in [-0.4, -0.2) is 36.1 Å². The maximum Gasteiger partial charge on any atom is 0.223 e. The summed E-state index contributed by atoms with van der Waals surface area (Å²) in [4.78, 5) is 14.3. The lowest BCUT2D eigenvalue weighted by Gasteiger charge is -2.38. The van der Waals surface area contributed by atoms with Crippen LogP contribution in [0.2, 0.25) is 0 Å². The number of hydrogen-bond acceptors (Lipinski definition) is 2. The molecule has 0 aromatic heterocycles. The number of amides is 1. The van der Waals surface area contributed by atoms with Gasteiger partial charge in [-0.2, -0.15) is 0 Å². The van der Waals surface area contributed by atoms with Gasteiger partial charge in [-0.05, 0) is 38.3 Å². The van der Waals surface area contributed by atoms with Crippen LogP contribution in [0.4, 0.5) is 0 Å². The Morgan fingerprint density at radius 2 is 2.11 bits per heavy atom. The highest BCUT2D eigenvalue weighted by Crippen LogP contribution is 2.16. The zero-order valence-electron chi connectivity index (χ0n) is 12.1. The number of nitrogens with zero attached hydrogens (tertiary/aromatic N) is 1. The molecule has 3 heteroatoms. The molecule has 0 bridgehead atoms. The third kappa shape index (κ3) is 3.35. The molecule has 2 unspecified atom stereocenters. The van der Waals surface area contributed by atoms with Gasteiger partial charge in [-0.3, -0.25) is 4.79 Å². The summed E-state index contributed by atoms with van der Waals surface area (Å²) in [6.07, 6.45) is 1.54. The molecule has 1 aliphatic rings. The molecule has 1 heterocycles. The predicted octanol–water partition coefficient (Wildman–Crippen LogP) is 2.56. The van der Waals surface area contributed by atoms with E-state index in [1.807, 2.05) is 24.0 Å². The zero-order valence-corrected chi connectivity index (χ0v) is 12.1. The summed E-state index contributed by atoms with van der Waals surface area (Å²) in [6.45, 7) is 7.57. The summed E-state index contributed by atoms with van der Waals surface area (Å²) in [6, 6.07) is 8.45. The van der Waals surface area contributed by atoms with E-state index in [4.69, 9.17) is 4.74 Å². The minimum atomic E-state index is 0.135. The molecular weight excluding hydrogens is 238 g/mol. The third-order valence-electron chi connectivity index (χ3n) is 4.07. The monoisotopic (exact) mass is 261 g/mol. The fourth-order valence-electron chi connectivity index (χ4n) is 2.56. The lowest BCUT2D eigenvalue weighted by molar-refractivity contribution is -0.143. The SMILES string of the molecule is Cc1ccccc1CCC(=O)N1CCOC(C)C1C. The van der Waals surface area contributed by atoms with E-state index in [9.17, 15) is 4.79 Å². The molecule has 2 atom stereocenters. The quantitative estimate of drug-likeness (QED) is 0.837. The fraction of sp³-hybridized carbons (Fsp3) is 0.562. The first kappa shape index (κ1) is 14.1. The molecule has 104 valence electrons. The lowest BCUT2D eigenvalue weighted by Crippen LogP contribution is -2.51. The molecule has 1 aromatic rings. The average molecular weight is 261 g/mol. The Bertz CT molecular complexity index is 444. The largest absolute Gasteiger partial charge is 0.375 e. The van der Waals surface area contributed by atoms with Crippen LogP contribution in [0.15, 0.2) is 24.3 Å². The molecule has 0 aliphatic carbocycles. The van der Waals surface area contributed by atoms with Crippen LogP contribution < -0.4 is 0 Å². The minimum absolute atomic E-state index is 0.135. The van der Waals surface area contributed by atoms with Crippen LogP contribution in [0.25, 0.3) is 0 Å². The van der Waals surface area contributed by atoms with Gasteiger partial charge in [0.1, 0.15) is 0 Å². The van der Waals surface area contributed by atoms with Crippen molar-refractivity contribution < 1.29 is 9.53 Å². The minimum Gasteiger partial charge on any atom is -0.375 e. The van der Waals surface area contributed by atoms with Gasteiger partial charge in [-0.1, -0.05) is 24.3 Å². The van der Waals surface area contributed by atoms with Crippen molar-refractivity contribution in [3.05, 3.63) is 35.4 Å². The van der Waals surface area contributed by atoms with Crippen molar-refractivity contribution in [1.82, 2.24) is 4.90 Å². The standard InChI is InChI=1S/C16H23NO2/c1-12-6-4-5-7-15(12)8-9-16(18)17-10-11-19-14(3)13(17)2/h4-7,13-14H,8-11H2,1-3H3. The number of hydrogen-bond donors (Lipinski definition) is 0. The van der Waals surface area contributed by atoms with E-state index in [0.29, 0.717) is 13.0 Å². The summed E-state index contributed by atoms with van der Waals surface area (Å²) in [5.74, 6) is 0.242. The van der Waals surface area contributed by atoms with Crippen molar-refractivity contribution in [2.75, 3.05) is 13.2 Å². The van der Waals surface area contributed by atoms with E-state index < -0.39 is 0 Å². The van der Waals surface area contributed by atoms with E-state index in [2.05, 4.69) is 26.0 Å². The molecule has 0 saturated carbocycles. The Morgan fingerprint density at radius 3 is 2.84 bits per heavy atom. The van der Waals surface area contributed by atoms with E-state index in [-0.39, 0.29) is 18.1 Å². The Hall–Kier alpha value is -1.35. The highest BCUT2D eigenvalue weighted by Gasteiger charge is 2.28. The molecule has 0 radical (unpaired) electrons. The van der Waals surface area contributed by atoms with Gasteiger partial charge in [-0.25, -0.2) is 0 Å². The van der Waals surface area contributed by atoms with Gasteiger partial charge < -0.3 is 9.64 Å². The second kappa shape index (κ2) is 6.20. The molecule has 1 aromatic carbocycles. The number of benzene rings is 1. The average Bonchev–Trinajstić information content (AvgIpc) is 2.40. The maximum atomic E-state index is 12.3.